The normalized spacial score (nSPS) is 18.3. The Morgan fingerprint density at radius 1 is 1.09 bits per heavy atom. The Hall–Kier alpha value is -3.70. The molecule has 2 unspecified atom stereocenters. The Morgan fingerprint density at radius 3 is 2.53 bits per heavy atom. The molecule has 224 valence electrons. The average molecular weight is 643 g/mol. The van der Waals surface area contributed by atoms with Crippen molar-refractivity contribution in [2.24, 2.45) is 5.73 Å². The molecule has 2 fully saturated rings. The average Bonchev–Trinajstić information content (AvgIpc) is 3.71. The van der Waals surface area contributed by atoms with Gasteiger partial charge in [0.15, 0.2) is 15.1 Å². The fourth-order valence-corrected chi connectivity index (χ4v) is 8.53. The zero-order valence-electron chi connectivity index (χ0n) is 22.6. The lowest BCUT2D eigenvalue weighted by Gasteiger charge is -2.26. The van der Waals surface area contributed by atoms with Gasteiger partial charge in [-0.3, -0.25) is 19.7 Å². The number of rotatable bonds is 9. The number of nitrogens with zero attached hydrogens (tertiary/aromatic N) is 4. The van der Waals surface area contributed by atoms with Crippen molar-refractivity contribution < 1.29 is 32.0 Å². The number of fused-ring (bicyclic) bond motifs is 1. The number of thioether (sulfide) groups is 1. The molecule has 13 nitrogen and oxygen atoms in total. The van der Waals surface area contributed by atoms with Gasteiger partial charge in [0.25, 0.3) is 11.1 Å². The lowest BCUT2D eigenvalue weighted by Crippen LogP contribution is -2.40. The predicted molar refractivity (Wildman–Crippen MR) is 159 cm³/mol. The molecule has 0 spiro atoms. The smallest absolute Gasteiger partial charge is 0.286 e. The van der Waals surface area contributed by atoms with Crippen molar-refractivity contribution in [1.82, 2.24) is 25.4 Å². The zero-order valence-corrected chi connectivity index (χ0v) is 25.0. The van der Waals surface area contributed by atoms with Crippen molar-refractivity contribution in [3.8, 4) is 11.1 Å². The van der Waals surface area contributed by atoms with Crippen LogP contribution in [0.1, 0.15) is 32.4 Å². The monoisotopic (exact) mass is 642 g/mol. The lowest BCUT2D eigenvalue weighted by molar-refractivity contribution is -0.119. The van der Waals surface area contributed by atoms with E-state index in [1.165, 1.54) is 11.3 Å². The van der Waals surface area contributed by atoms with Crippen LogP contribution >= 0.6 is 23.1 Å². The van der Waals surface area contributed by atoms with Crippen LogP contribution in [0.25, 0.3) is 21.3 Å². The number of carbonyl (C=O) groups is 3. The highest BCUT2D eigenvalue weighted by Gasteiger charge is 2.38. The Bertz CT molecular complexity index is 1800. The van der Waals surface area contributed by atoms with Gasteiger partial charge in [0, 0.05) is 31.6 Å². The van der Waals surface area contributed by atoms with Crippen molar-refractivity contribution in [2.75, 3.05) is 38.6 Å². The van der Waals surface area contributed by atoms with Crippen LogP contribution < -0.4 is 11.1 Å². The van der Waals surface area contributed by atoms with E-state index in [4.69, 9.17) is 14.9 Å². The molecule has 2 atom stereocenters. The standard InChI is InChI=1S/C27H26N6O7S3/c28-7-12-43(37,38)22(24-32-31-21(40-24)14-20-23(34)30-27(36)42-20)25-29-18-6-5-17(13-19(18)41-25)15-1-3-16(4-2-15)26(35)33-8-10-39-11-9-33/h1-6,13,20,22H,7-12,14,28H2,(H,30,34,36). The predicted octanol–water partition coefficient (Wildman–Crippen LogP) is 2.18. The molecule has 16 heteroatoms. The van der Waals surface area contributed by atoms with Crippen LogP contribution in [0, 0.1) is 0 Å². The van der Waals surface area contributed by atoms with Crippen molar-refractivity contribution in [2.45, 2.75) is 16.9 Å². The van der Waals surface area contributed by atoms with Gasteiger partial charge in [-0.15, -0.1) is 21.5 Å². The maximum Gasteiger partial charge on any atom is 0.286 e. The molecule has 6 rings (SSSR count). The number of aromatic nitrogens is 3. The first-order chi connectivity index (χ1) is 20.7. The molecule has 0 saturated carbocycles. The summed E-state index contributed by atoms with van der Waals surface area (Å²) in [5.41, 5.74) is 8.55. The number of hydrogen-bond donors (Lipinski definition) is 2. The third-order valence-corrected chi connectivity index (χ3v) is 11.1. The summed E-state index contributed by atoms with van der Waals surface area (Å²) in [5, 5.41) is 7.80. The lowest BCUT2D eigenvalue weighted by atomic mass is 10.0. The SMILES string of the molecule is NCCS(=O)(=O)C(c1nnc(CC2SC(=O)NC2=O)o1)c1nc2ccc(-c3ccc(C(=O)N4CCOCC4)cc3)cc2s1. The molecule has 4 heterocycles. The number of benzene rings is 2. The van der Waals surface area contributed by atoms with Crippen LogP contribution in [-0.4, -0.2) is 89.4 Å². The third-order valence-electron chi connectivity index (χ3n) is 6.99. The summed E-state index contributed by atoms with van der Waals surface area (Å²) < 4.78 is 38.5. The molecule has 4 aromatic rings. The Kier molecular flexibility index (Phi) is 8.28. The molecule has 43 heavy (non-hydrogen) atoms. The van der Waals surface area contributed by atoms with E-state index in [1.807, 2.05) is 24.3 Å². The highest BCUT2D eigenvalue weighted by molar-refractivity contribution is 8.15. The first-order valence-corrected chi connectivity index (χ1v) is 16.8. The van der Waals surface area contributed by atoms with E-state index < -0.39 is 31.5 Å². The largest absolute Gasteiger partial charge is 0.423 e. The van der Waals surface area contributed by atoms with Crippen molar-refractivity contribution in [3.63, 3.8) is 0 Å². The number of sulfone groups is 1. The maximum atomic E-state index is 13.4. The second kappa shape index (κ2) is 12.1. The van der Waals surface area contributed by atoms with Gasteiger partial charge < -0.3 is 19.8 Å². The molecular formula is C27H26N6O7S3. The van der Waals surface area contributed by atoms with Gasteiger partial charge in [0.05, 0.1) is 29.2 Å². The molecule has 0 radical (unpaired) electrons. The van der Waals surface area contributed by atoms with Crippen molar-refractivity contribution in [3.05, 3.63) is 64.8 Å². The summed E-state index contributed by atoms with van der Waals surface area (Å²) in [6.45, 7) is 2.08. The fourth-order valence-electron chi connectivity index (χ4n) is 4.82. The minimum atomic E-state index is -3.90. The molecule has 2 aromatic carbocycles. The van der Waals surface area contributed by atoms with E-state index in [1.54, 1.807) is 23.1 Å². The summed E-state index contributed by atoms with van der Waals surface area (Å²) in [6.07, 6.45) is -0.0288. The number of carbonyl (C=O) groups excluding carboxylic acids is 3. The Balaban J connectivity index is 1.27. The molecule has 2 saturated heterocycles. The number of thiazole rings is 1. The van der Waals surface area contributed by atoms with Gasteiger partial charge in [-0.2, -0.15) is 0 Å². The molecular weight excluding hydrogens is 617 g/mol. The second-order valence-corrected chi connectivity index (χ2v) is 14.3. The topological polar surface area (TPSA) is 188 Å². The molecule has 0 aliphatic carbocycles. The van der Waals surface area contributed by atoms with Gasteiger partial charge in [0.1, 0.15) is 10.3 Å². The Labute approximate surface area is 254 Å². The molecule has 3 amide bonds. The van der Waals surface area contributed by atoms with Crippen LogP contribution in [0.4, 0.5) is 4.79 Å². The zero-order chi connectivity index (χ0) is 30.1. The van der Waals surface area contributed by atoms with E-state index in [0.29, 0.717) is 37.4 Å². The number of amides is 3. The fraction of sp³-hybridized carbons (Fsp3) is 0.333. The summed E-state index contributed by atoms with van der Waals surface area (Å²) in [7, 11) is -3.90. The first-order valence-electron chi connectivity index (χ1n) is 13.3. The highest BCUT2D eigenvalue weighted by Crippen LogP contribution is 2.37. The summed E-state index contributed by atoms with van der Waals surface area (Å²) in [5.74, 6) is -0.990. The second-order valence-electron chi connectivity index (χ2n) is 9.87. The number of imide groups is 1. The minimum absolute atomic E-state index is 0.0288. The minimum Gasteiger partial charge on any atom is -0.423 e. The van der Waals surface area contributed by atoms with Crippen LogP contribution in [0.2, 0.25) is 0 Å². The summed E-state index contributed by atoms with van der Waals surface area (Å²) in [6, 6.07) is 12.9. The van der Waals surface area contributed by atoms with Gasteiger partial charge in [-0.05, 0) is 35.4 Å². The van der Waals surface area contributed by atoms with Crippen LogP contribution in [0.3, 0.4) is 0 Å². The molecule has 2 aliphatic heterocycles. The van der Waals surface area contributed by atoms with Gasteiger partial charge in [0.2, 0.25) is 17.7 Å². The van der Waals surface area contributed by atoms with Gasteiger partial charge in [-0.1, -0.05) is 30.0 Å². The van der Waals surface area contributed by atoms with E-state index in [9.17, 15) is 22.8 Å². The number of hydrogen-bond acceptors (Lipinski definition) is 13. The molecule has 2 aliphatic rings. The van der Waals surface area contributed by atoms with Crippen LogP contribution in [-0.2, 0) is 25.8 Å². The summed E-state index contributed by atoms with van der Waals surface area (Å²) >= 11 is 2.00. The molecule has 3 N–H and O–H groups in total. The van der Waals surface area contributed by atoms with E-state index in [-0.39, 0.29) is 41.4 Å². The number of nitrogens with one attached hydrogen (secondary N) is 1. The van der Waals surface area contributed by atoms with Gasteiger partial charge >= 0.3 is 0 Å². The van der Waals surface area contributed by atoms with Crippen LogP contribution in [0.5, 0.6) is 0 Å². The molecule has 0 bridgehead atoms. The first kappa shape index (κ1) is 29.4. The van der Waals surface area contributed by atoms with E-state index in [2.05, 4.69) is 20.5 Å². The number of morpholine rings is 1. The van der Waals surface area contributed by atoms with Gasteiger partial charge in [-0.25, -0.2) is 13.4 Å². The quantitative estimate of drug-likeness (QED) is 0.271. The van der Waals surface area contributed by atoms with E-state index >= 15 is 0 Å². The number of ether oxygens (including phenoxy) is 1. The van der Waals surface area contributed by atoms with Crippen molar-refractivity contribution >= 4 is 60.2 Å². The number of nitrogens with two attached hydrogens (primary N) is 1. The Morgan fingerprint density at radius 2 is 1.84 bits per heavy atom. The summed E-state index contributed by atoms with van der Waals surface area (Å²) in [4.78, 5) is 42.6. The van der Waals surface area contributed by atoms with Crippen LogP contribution in [0.15, 0.2) is 46.9 Å². The van der Waals surface area contributed by atoms with E-state index in [0.717, 1.165) is 27.6 Å². The highest BCUT2D eigenvalue weighted by atomic mass is 32.2. The van der Waals surface area contributed by atoms with Crippen molar-refractivity contribution in [1.29, 1.82) is 0 Å². The molecule has 2 aromatic heterocycles. The third kappa shape index (κ3) is 6.19. The maximum absolute atomic E-state index is 13.4.